The number of hydrogen-bond donors (Lipinski definition) is 1. The number of halogens is 1. The highest BCUT2D eigenvalue weighted by Gasteiger charge is 2.22. The molecule has 0 aromatic heterocycles. The van der Waals surface area contributed by atoms with Gasteiger partial charge in [-0.1, -0.05) is 64.5 Å². The monoisotopic (exact) mass is 348 g/mol. The van der Waals surface area contributed by atoms with Gasteiger partial charge in [-0.3, -0.25) is 0 Å². The minimum atomic E-state index is 0.289. The normalized spacial score (nSPS) is 12.0. The Bertz CT molecular complexity index is 862. The topological polar surface area (TPSA) is 20.2 Å². The Balaban J connectivity index is 1.99. The fraction of sp³-hybridized carbons (Fsp3) is 0. The maximum absolute atomic E-state index is 10.1. The number of benzene rings is 3. The molecule has 0 amide bonds. The van der Waals surface area contributed by atoms with Gasteiger partial charge in [-0.25, -0.2) is 0 Å². The van der Waals surface area contributed by atoms with Crippen molar-refractivity contribution in [3.8, 4) is 16.9 Å². The van der Waals surface area contributed by atoms with Crippen molar-refractivity contribution >= 4 is 27.6 Å². The summed E-state index contributed by atoms with van der Waals surface area (Å²) in [5, 5.41) is 10.1. The lowest BCUT2D eigenvalue weighted by atomic mass is 10.0. The van der Waals surface area contributed by atoms with Gasteiger partial charge in [0.25, 0.3) is 0 Å². The van der Waals surface area contributed by atoms with E-state index in [2.05, 4.69) is 70.5 Å². The van der Waals surface area contributed by atoms with Crippen LogP contribution >= 0.6 is 15.9 Å². The molecule has 0 atom stereocenters. The van der Waals surface area contributed by atoms with Gasteiger partial charge in [-0.05, 0) is 52.1 Å². The lowest BCUT2D eigenvalue weighted by molar-refractivity contribution is 0.474. The first kappa shape index (κ1) is 13.4. The van der Waals surface area contributed by atoms with Crippen LogP contribution in [0.25, 0.3) is 22.8 Å². The number of phenolic OH excluding ortho intramolecular Hbond substituents is 1. The molecular formula is C20H13BrO. The molecule has 22 heavy (non-hydrogen) atoms. The SMILES string of the molecule is Oc1ccc(Br)cc1C=C1c2ccccc2-c2ccccc21. The summed E-state index contributed by atoms with van der Waals surface area (Å²) in [5.41, 5.74) is 6.89. The maximum Gasteiger partial charge on any atom is 0.122 e. The molecule has 0 bridgehead atoms. The Kier molecular flexibility index (Phi) is 3.12. The standard InChI is InChI=1S/C20H13BrO/c21-14-9-10-20(22)13(11-14)12-19-17-7-3-1-5-15(17)16-6-2-4-8-18(16)19/h1-12,22H. The Morgan fingerprint density at radius 3 is 1.86 bits per heavy atom. The molecule has 3 aromatic rings. The van der Waals surface area contributed by atoms with Gasteiger partial charge in [0.1, 0.15) is 5.75 Å². The Morgan fingerprint density at radius 2 is 1.27 bits per heavy atom. The summed E-state index contributed by atoms with van der Waals surface area (Å²) in [6, 6.07) is 22.3. The van der Waals surface area contributed by atoms with E-state index in [0.29, 0.717) is 0 Å². The maximum atomic E-state index is 10.1. The van der Waals surface area contributed by atoms with Gasteiger partial charge in [0.15, 0.2) is 0 Å². The molecule has 3 aromatic carbocycles. The summed E-state index contributed by atoms with van der Waals surface area (Å²) >= 11 is 3.47. The minimum Gasteiger partial charge on any atom is -0.507 e. The molecule has 0 unspecified atom stereocenters. The van der Waals surface area contributed by atoms with Crippen LogP contribution in [0.3, 0.4) is 0 Å². The van der Waals surface area contributed by atoms with Gasteiger partial charge in [-0.15, -0.1) is 0 Å². The number of phenols is 1. The Morgan fingerprint density at radius 1 is 0.727 bits per heavy atom. The van der Waals surface area contributed by atoms with Crippen molar-refractivity contribution in [3.63, 3.8) is 0 Å². The molecular weight excluding hydrogens is 336 g/mol. The second-order valence-electron chi connectivity index (χ2n) is 5.35. The molecule has 1 aliphatic rings. The zero-order chi connectivity index (χ0) is 15.1. The van der Waals surface area contributed by atoms with Gasteiger partial charge in [-0.2, -0.15) is 0 Å². The van der Waals surface area contributed by atoms with E-state index in [0.717, 1.165) is 15.6 Å². The van der Waals surface area contributed by atoms with Crippen molar-refractivity contribution in [1.29, 1.82) is 0 Å². The van der Waals surface area contributed by atoms with Crippen molar-refractivity contribution in [2.75, 3.05) is 0 Å². The van der Waals surface area contributed by atoms with Crippen LogP contribution in [-0.4, -0.2) is 5.11 Å². The molecule has 0 heterocycles. The van der Waals surface area contributed by atoms with Gasteiger partial charge in [0.2, 0.25) is 0 Å². The van der Waals surface area contributed by atoms with Crippen LogP contribution in [0.2, 0.25) is 0 Å². The summed E-state index contributed by atoms with van der Waals surface area (Å²) in [6.45, 7) is 0. The molecule has 1 aliphatic carbocycles. The second kappa shape index (κ2) is 5.15. The zero-order valence-corrected chi connectivity index (χ0v) is 13.3. The van der Waals surface area contributed by atoms with Crippen LogP contribution in [0.5, 0.6) is 5.75 Å². The third-order valence-electron chi connectivity index (χ3n) is 4.01. The molecule has 1 nitrogen and oxygen atoms in total. The van der Waals surface area contributed by atoms with E-state index in [1.807, 2.05) is 12.1 Å². The first-order valence-electron chi connectivity index (χ1n) is 7.13. The van der Waals surface area contributed by atoms with Crippen LogP contribution in [0.1, 0.15) is 16.7 Å². The Hall–Kier alpha value is -2.32. The van der Waals surface area contributed by atoms with E-state index in [-0.39, 0.29) is 5.75 Å². The predicted molar refractivity (Wildman–Crippen MR) is 94.7 cm³/mol. The lowest BCUT2D eigenvalue weighted by Gasteiger charge is -2.05. The zero-order valence-electron chi connectivity index (χ0n) is 11.8. The van der Waals surface area contributed by atoms with E-state index in [9.17, 15) is 5.11 Å². The van der Waals surface area contributed by atoms with Crippen LogP contribution in [0.15, 0.2) is 71.2 Å². The second-order valence-corrected chi connectivity index (χ2v) is 6.27. The van der Waals surface area contributed by atoms with Crippen molar-refractivity contribution in [2.45, 2.75) is 0 Å². The predicted octanol–water partition coefficient (Wildman–Crippen LogP) is 5.72. The molecule has 0 spiro atoms. The molecule has 4 rings (SSSR count). The fourth-order valence-corrected chi connectivity index (χ4v) is 3.38. The van der Waals surface area contributed by atoms with Crippen LogP contribution < -0.4 is 0 Å². The van der Waals surface area contributed by atoms with Crippen LogP contribution in [0, 0.1) is 0 Å². The largest absolute Gasteiger partial charge is 0.507 e. The molecule has 0 aliphatic heterocycles. The Labute approximate surface area is 137 Å². The quantitative estimate of drug-likeness (QED) is 0.466. The summed E-state index contributed by atoms with van der Waals surface area (Å²) < 4.78 is 0.955. The van der Waals surface area contributed by atoms with Gasteiger partial charge < -0.3 is 5.11 Å². The van der Waals surface area contributed by atoms with E-state index >= 15 is 0 Å². The number of fused-ring (bicyclic) bond motifs is 3. The smallest absolute Gasteiger partial charge is 0.122 e. The summed E-state index contributed by atoms with van der Waals surface area (Å²) in [4.78, 5) is 0. The highest BCUT2D eigenvalue weighted by molar-refractivity contribution is 9.10. The van der Waals surface area contributed by atoms with Crippen molar-refractivity contribution in [3.05, 3.63) is 87.9 Å². The summed E-state index contributed by atoms with van der Waals surface area (Å²) in [7, 11) is 0. The fourth-order valence-electron chi connectivity index (χ4n) is 3.00. The van der Waals surface area contributed by atoms with E-state index < -0.39 is 0 Å². The average molecular weight is 349 g/mol. The molecule has 0 fully saturated rings. The highest BCUT2D eigenvalue weighted by Crippen LogP contribution is 2.45. The van der Waals surface area contributed by atoms with Crippen LogP contribution in [0.4, 0.5) is 0 Å². The van der Waals surface area contributed by atoms with Crippen molar-refractivity contribution in [1.82, 2.24) is 0 Å². The number of aromatic hydroxyl groups is 1. The van der Waals surface area contributed by atoms with Crippen LogP contribution in [-0.2, 0) is 0 Å². The molecule has 0 saturated carbocycles. The van der Waals surface area contributed by atoms with Gasteiger partial charge in [0.05, 0.1) is 0 Å². The molecule has 106 valence electrons. The van der Waals surface area contributed by atoms with Crippen molar-refractivity contribution in [2.24, 2.45) is 0 Å². The molecule has 2 heteroatoms. The number of hydrogen-bond acceptors (Lipinski definition) is 1. The summed E-state index contributed by atoms with van der Waals surface area (Å²) in [5.74, 6) is 0.289. The van der Waals surface area contributed by atoms with Crippen molar-refractivity contribution < 1.29 is 5.11 Å². The van der Waals surface area contributed by atoms with Gasteiger partial charge >= 0.3 is 0 Å². The first-order chi connectivity index (χ1) is 10.7. The van der Waals surface area contributed by atoms with E-state index in [4.69, 9.17) is 0 Å². The molecule has 0 radical (unpaired) electrons. The average Bonchev–Trinajstić information content (AvgIpc) is 2.86. The third-order valence-corrected chi connectivity index (χ3v) is 4.51. The van der Waals surface area contributed by atoms with E-state index in [1.165, 1.54) is 22.3 Å². The third kappa shape index (κ3) is 2.08. The van der Waals surface area contributed by atoms with Gasteiger partial charge in [0, 0.05) is 10.0 Å². The molecule has 0 saturated heterocycles. The minimum absolute atomic E-state index is 0.289. The highest BCUT2D eigenvalue weighted by atomic mass is 79.9. The lowest BCUT2D eigenvalue weighted by Crippen LogP contribution is -1.83. The number of rotatable bonds is 1. The van der Waals surface area contributed by atoms with E-state index in [1.54, 1.807) is 6.07 Å². The molecule has 1 N–H and O–H groups in total. The first-order valence-corrected chi connectivity index (χ1v) is 7.93. The summed E-state index contributed by atoms with van der Waals surface area (Å²) in [6.07, 6.45) is 2.06.